The van der Waals surface area contributed by atoms with E-state index in [2.05, 4.69) is 48.8 Å². The van der Waals surface area contributed by atoms with Gasteiger partial charge < -0.3 is 0 Å². The molecule has 0 amide bonds. The third-order valence-corrected chi connectivity index (χ3v) is 3.74. The van der Waals surface area contributed by atoms with Gasteiger partial charge in [0.2, 0.25) is 0 Å². The monoisotopic (exact) mass is 342 g/mol. The first-order valence-electron chi connectivity index (χ1n) is 5.27. The van der Waals surface area contributed by atoms with Crippen molar-refractivity contribution < 1.29 is 0 Å². The Morgan fingerprint density at radius 2 is 2.19 bits per heavy atom. The highest BCUT2D eigenvalue weighted by molar-refractivity contribution is 9.10. The summed E-state index contributed by atoms with van der Waals surface area (Å²) in [6.45, 7) is 2.16. The van der Waals surface area contributed by atoms with Crippen molar-refractivity contribution in [1.29, 1.82) is 0 Å². The van der Waals surface area contributed by atoms with Gasteiger partial charge in [-0.05, 0) is 24.6 Å². The van der Waals surface area contributed by atoms with E-state index in [9.17, 15) is 0 Å². The van der Waals surface area contributed by atoms with Crippen molar-refractivity contribution in [2.45, 2.75) is 24.6 Å². The van der Waals surface area contributed by atoms with Gasteiger partial charge in [-0.15, -0.1) is 0 Å². The molecule has 1 unspecified atom stereocenters. The quantitative estimate of drug-likeness (QED) is 0.759. The highest BCUT2D eigenvalue weighted by atomic mass is 79.9. The predicted molar refractivity (Wildman–Crippen MR) is 73.8 cm³/mol. The second-order valence-electron chi connectivity index (χ2n) is 3.69. The summed E-state index contributed by atoms with van der Waals surface area (Å²) in [5.74, 6) is 0.872. The molecule has 1 atom stereocenters. The van der Waals surface area contributed by atoms with Crippen molar-refractivity contribution in [3.8, 4) is 0 Å². The van der Waals surface area contributed by atoms with Crippen LogP contribution >= 0.6 is 31.9 Å². The molecule has 16 heavy (non-hydrogen) atoms. The van der Waals surface area contributed by atoms with Gasteiger partial charge in [0, 0.05) is 16.1 Å². The molecule has 0 aliphatic carbocycles. The molecule has 2 rings (SSSR count). The summed E-state index contributed by atoms with van der Waals surface area (Å²) >= 11 is 7.05. The minimum Gasteiger partial charge on any atom is -0.239 e. The Balaban J connectivity index is 2.40. The van der Waals surface area contributed by atoms with Gasteiger partial charge in [0.25, 0.3) is 0 Å². The summed E-state index contributed by atoms with van der Waals surface area (Å²) in [5.41, 5.74) is 0.994. The molecule has 0 fully saturated rings. The normalized spacial score (nSPS) is 12.9. The average Bonchev–Trinajstić information content (AvgIpc) is 2.28. The zero-order chi connectivity index (χ0) is 11.5. The largest absolute Gasteiger partial charge is 0.239 e. The zero-order valence-electron chi connectivity index (χ0n) is 8.95. The number of aromatic nitrogens is 2. The molecule has 1 heterocycles. The first kappa shape index (κ1) is 12.0. The van der Waals surface area contributed by atoms with Gasteiger partial charge in [-0.3, -0.25) is 0 Å². The lowest BCUT2D eigenvalue weighted by atomic mass is 10.2. The molecule has 0 aliphatic heterocycles. The molecule has 0 saturated heterocycles. The zero-order valence-corrected chi connectivity index (χ0v) is 12.1. The van der Waals surface area contributed by atoms with E-state index in [0.29, 0.717) is 0 Å². The smallest absolute Gasteiger partial charge is 0.142 e. The van der Waals surface area contributed by atoms with Crippen LogP contribution in [-0.2, 0) is 0 Å². The lowest BCUT2D eigenvalue weighted by Gasteiger charge is -2.07. The van der Waals surface area contributed by atoms with Crippen LogP contribution in [0.4, 0.5) is 0 Å². The maximum Gasteiger partial charge on any atom is 0.142 e. The first-order chi connectivity index (χ1) is 7.70. The van der Waals surface area contributed by atoms with Crippen molar-refractivity contribution in [3.63, 3.8) is 0 Å². The van der Waals surface area contributed by atoms with Crippen LogP contribution in [0, 0.1) is 0 Å². The van der Waals surface area contributed by atoms with Crippen LogP contribution in [0.25, 0.3) is 10.9 Å². The Morgan fingerprint density at radius 1 is 1.38 bits per heavy atom. The Hall–Kier alpha value is -0.480. The molecule has 0 aliphatic rings. The molecular weight excluding hydrogens is 332 g/mol. The lowest BCUT2D eigenvalue weighted by Crippen LogP contribution is -1.98. The third-order valence-electron chi connectivity index (χ3n) is 2.38. The number of nitrogens with zero attached hydrogens (tertiary/aromatic N) is 2. The van der Waals surface area contributed by atoms with Crippen LogP contribution in [0.2, 0.25) is 0 Å². The molecule has 0 radical (unpaired) electrons. The van der Waals surface area contributed by atoms with Crippen LogP contribution in [-0.4, -0.2) is 9.97 Å². The van der Waals surface area contributed by atoms with Gasteiger partial charge >= 0.3 is 0 Å². The molecule has 2 nitrogen and oxygen atoms in total. The van der Waals surface area contributed by atoms with Crippen LogP contribution < -0.4 is 0 Å². The molecule has 0 bridgehead atoms. The summed E-state index contributed by atoms with van der Waals surface area (Å²) < 4.78 is 1.06. The van der Waals surface area contributed by atoms with Gasteiger partial charge in [0.15, 0.2) is 0 Å². The molecular formula is C12H12Br2N2. The molecule has 2 aromatic rings. The van der Waals surface area contributed by atoms with Crippen LogP contribution in [0.3, 0.4) is 0 Å². The Labute approximate surface area is 112 Å². The number of rotatable bonds is 3. The van der Waals surface area contributed by atoms with Gasteiger partial charge in [0.1, 0.15) is 5.82 Å². The topological polar surface area (TPSA) is 25.8 Å². The summed E-state index contributed by atoms with van der Waals surface area (Å²) in [4.78, 5) is 9.20. The summed E-state index contributed by atoms with van der Waals surface area (Å²) in [7, 11) is 0. The van der Waals surface area contributed by atoms with Gasteiger partial charge in [-0.2, -0.15) is 0 Å². The minimum atomic E-state index is 0.255. The molecule has 84 valence electrons. The highest BCUT2D eigenvalue weighted by Gasteiger charge is 2.10. The van der Waals surface area contributed by atoms with Gasteiger partial charge in [-0.1, -0.05) is 45.2 Å². The fraction of sp³-hybridized carbons (Fsp3) is 0.333. The molecule has 4 heteroatoms. The maximum absolute atomic E-state index is 4.56. The Kier molecular flexibility index (Phi) is 3.92. The number of halogens is 2. The van der Waals surface area contributed by atoms with Crippen molar-refractivity contribution >= 4 is 42.8 Å². The van der Waals surface area contributed by atoms with Gasteiger partial charge in [-0.25, -0.2) is 9.97 Å². The van der Waals surface area contributed by atoms with E-state index in [1.54, 1.807) is 0 Å². The number of hydrogen-bond acceptors (Lipinski definition) is 2. The maximum atomic E-state index is 4.56. The fourth-order valence-electron chi connectivity index (χ4n) is 1.55. The number of fused-ring (bicyclic) bond motifs is 1. The van der Waals surface area contributed by atoms with E-state index in [1.165, 1.54) is 0 Å². The third kappa shape index (κ3) is 2.61. The van der Waals surface area contributed by atoms with Crippen LogP contribution in [0.15, 0.2) is 28.9 Å². The summed E-state index contributed by atoms with van der Waals surface area (Å²) in [6.07, 6.45) is 4.06. The van der Waals surface area contributed by atoms with Crippen molar-refractivity contribution in [3.05, 3.63) is 34.7 Å². The van der Waals surface area contributed by atoms with Crippen LogP contribution in [0.1, 0.15) is 30.4 Å². The fourth-order valence-corrected chi connectivity index (χ4v) is 2.61. The summed E-state index contributed by atoms with van der Waals surface area (Å²) in [6, 6.07) is 6.04. The predicted octanol–water partition coefficient (Wildman–Crippen LogP) is 4.63. The highest BCUT2D eigenvalue weighted by Crippen LogP contribution is 2.26. The van der Waals surface area contributed by atoms with E-state index in [1.807, 2.05) is 24.4 Å². The number of benzene rings is 1. The molecule has 1 aromatic heterocycles. The minimum absolute atomic E-state index is 0.255. The van der Waals surface area contributed by atoms with E-state index >= 15 is 0 Å². The van der Waals surface area contributed by atoms with E-state index in [4.69, 9.17) is 0 Å². The summed E-state index contributed by atoms with van der Waals surface area (Å²) in [5, 5.41) is 1.06. The molecule has 1 aromatic carbocycles. The SMILES string of the molecule is CCCC(Br)c1ncc2cc(Br)ccc2n1. The second-order valence-corrected chi connectivity index (χ2v) is 5.71. The van der Waals surface area contributed by atoms with Crippen molar-refractivity contribution in [2.24, 2.45) is 0 Å². The number of alkyl halides is 1. The molecule has 0 N–H and O–H groups in total. The van der Waals surface area contributed by atoms with E-state index < -0.39 is 0 Å². The molecule has 0 spiro atoms. The van der Waals surface area contributed by atoms with Crippen molar-refractivity contribution in [1.82, 2.24) is 9.97 Å². The molecule has 0 saturated carbocycles. The first-order valence-corrected chi connectivity index (χ1v) is 6.98. The van der Waals surface area contributed by atoms with E-state index in [-0.39, 0.29) is 4.83 Å². The lowest BCUT2D eigenvalue weighted by molar-refractivity contribution is 0.750. The van der Waals surface area contributed by atoms with E-state index in [0.717, 1.165) is 34.0 Å². The van der Waals surface area contributed by atoms with Crippen molar-refractivity contribution in [2.75, 3.05) is 0 Å². The van der Waals surface area contributed by atoms with Gasteiger partial charge in [0.05, 0.1) is 10.3 Å². The number of hydrogen-bond donors (Lipinski definition) is 0. The average molecular weight is 344 g/mol. The standard InChI is InChI=1S/C12H12Br2N2/c1-2-3-10(14)12-15-7-8-6-9(13)4-5-11(8)16-12/h4-7,10H,2-3H2,1H3. The Morgan fingerprint density at radius 3 is 2.94 bits per heavy atom. The van der Waals surface area contributed by atoms with Crippen LogP contribution in [0.5, 0.6) is 0 Å². The second kappa shape index (κ2) is 5.23. The Bertz CT molecular complexity index is 499.